The van der Waals surface area contributed by atoms with Crippen LogP contribution in [0.25, 0.3) is 0 Å². The predicted molar refractivity (Wildman–Crippen MR) is 223 cm³/mol. The molecular weight excluding hydrogens is 663 g/mol. The molecule has 8 heteroatoms. The van der Waals surface area contributed by atoms with Gasteiger partial charge in [0, 0.05) is 32.8 Å². The molecule has 1 rings (SSSR count). The second kappa shape index (κ2) is 38.1. The second-order valence-corrected chi connectivity index (χ2v) is 15.2. The fraction of sp³-hybridized carbons (Fsp3) is 0.822. The number of benzene rings is 1. The van der Waals surface area contributed by atoms with E-state index in [0.717, 1.165) is 31.4 Å². The lowest BCUT2D eigenvalue weighted by Crippen LogP contribution is -2.47. The molecule has 2 amide bonds. The summed E-state index contributed by atoms with van der Waals surface area (Å²) >= 11 is 0. The third-order valence-corrected chi connectivity index (χ3v) is 10.2. The molecule has 0 aliphatic heterocycles. The lowest BCUT2D eigenvalue weighted by atomic mass is 10.1. The van der Waals surface area contributed by atoms with Crippen molar-refractivity contribution in [2.75, 3.05) is 32.9 Å². The zero-order valence-corrected chi connectivity index (χ0v) is 34.5. The van der Waals surface area contributed by atoms with E-state index < -0.39 is 6.09 Å². The van der Waals surface area contributed by atoms with E-state index in [1.807, 2.05) is 30.3 Å². The SMILES string of the molecule is CCCCCCCCCCCCCCOCC(CNC(=O)[C@@H](CCCCNC(=O)O)NCc1ccccc1)OCCCCCCCCCCCCCC. The van der Waals surface area contributed by atoms with Crippen molar-refractivity contribution in [1.82, 2.24) is 16.0 Å². The Labute approximate surface area is 326 Å². The highest BCUT2D eigenvalue weighted by Gasteiger charge is 2.20. The molecule has 0 fully saturated rings. The Morgan fingerprint density at radius 3 is 1.60 bits per heavy atom. The van der Waals surface area contributed by atoms with Crippen LogP contribution in [0.4, 0.5) is 4.79 Å². The van der Waals surface area contributed by atoms with E-state index >= 15 is 0 Å². The van der Waals surface area contributed by atoms with Crippen molar-refractivity contribution in [3.8, 4) is 0 Å². The molecule has 1 aromatic rings. The van der Waals surface area contributed by atoms with E-state index in [1.165, 1.54) is 141 Å². The molecule has 1 unspecified atom stereocenters. The topological polar surface area (TPSA) is 109 Å². The summed E-state index contributed by atoms with van der Waals surface area (Å²) in [6.07, 6.45) is 32.4. The minimum Gasteiger partial charge on any atom is -0.465 e. The number of ether oxygens (including phenoxy) is 2. The third-order valence-electron chi connectivity index (χ3n) is 10.2. The Kier molecular flexibility index (Phi) is 35.1. The van der Waals surface area contributed by atoms with Gasteiger partial charge in [0.05, 0.1) is 18.8 Å². The third kappa shape index (κ3) is 32.9. The molecular formula is C45H83N3O5. The van der Waals surface area contributed by atoms with Crippen LogP contribution in [0.15, 0.2) is 30.3 Å². The molecule has 0 heterocycles. The van der Waals surface area contributed by atoms with Crippen LogP contribution in [0.2, 0.25) is 0 Å². The quantitative estimate of drug-likeness (QED) is 0.0498. The highest BCUT2D eigenvalue weighted by molar-refractivity contribution is 5.81. The van der Waals surface area contributed by atoms with Crippen molar-refractivity contribution in [2.24, 2.45) is 0 Å². The molecule has 53 heavy (non-hydrogen) atoms. The zero-order chi connectivity index (χ0) is 38.3. The number of unbranched alkanes of at least 4 members (excludes halogenated alkanes) is 23. The average molecular weight is 746 g/mol. The lowest BCUT2D eigenvalue weighted by molar-refractivity contribution is -0.124. The molecule has 0 spiro atoms. The fourth-order valence-corrected chi connectivity index (χ4v) is 6.79. The summed E-state index contributed by atoms with van der Waals surface area (Å²) < 4.78 is 12.4. The molecule has 0 aromatic heterocycles. The number of rotatable bonds is 40. The summed E-state index contributed by atoms with van der Waals surface area (Å²) in [4.78, 5) is 24.3. The molecule has 0 aliphatic rings. The van der Waals surface area contributed by atoms with Gasteiger partial charge in [0.25, 0.3) is 0 Å². The van der Waals surface area contributed by atoms with Crippen molar-refractivity contribution < 1.29 is 24.2 Å². The molecule has 8 nitrogen and oxygen atoms in total. The van der Waals surface area contributed by atoms with E-state index in [2.05, 4.69) is 29.8 Å². The Bertz CT molecular complexity index is 934. The van der Waals surface area contributed by atoms with Gasteiger partial charge in [-0.3, -0.25) is 4.79 Å². The Morgan fingerprint density at radius 1 is 0.604 bits per heavy atom. The number of amides is 2. The zero-order valence-electron chi connectivity index (χ0n) is 34.5. The van der Waals surface area contributed by atoms with E-state index in [4.69, 9.17) is 14.6 Å². The molecule has 0 bridgehead atoms. The van der Waals surface area contributed by atoms with E-state index in [-0.39, 0.29) is 18.1 Å². The molecule has 4 N–H and O–H groups in total. The first-order valence-corrected chi connectivity index (χ1v) is 22.3. The van der Waals surface area contributed by atoms with Gasteiger partial charge in [-0.2, -0.15) is 0 Å². The van der Waals surface area contributed by atoms with E-state index in [9.17, 15) is 9.59 Å². The minimum atomic E-state index is -1.02. The molecule has 1 aromatic carbocycles. The summed E-state index contributed by atoms with van der Waals surface area (Å²) in [6, 6.07) is 9.70. The van der Waals surface area contributed by atoms with Crippen LogP contribution in [-0.4, -0.2) is 62.2 Å². The van der Waals surface area contributed by atoms with Crippen LogP contribution < -0.4 is 16.0 Å². The van der Waals surface area contributed by atoms with Crippen molar-refractivity contribution in [1.29, 1.82) is 0 Å². The van der Waals surface area contributed by atoms with Gasteiger partial charge in [-0.15, -0.1) is 0 Å². The number of carbonyl (C=O) groups is 2. The molecule has 0 aliphatic carbocycles. The Balaban J connectivity index is 2.46. The largest absolute Gasteiger partial charge is 0.465 e. The van der Waals surface area contributed by atoms with Gasteiger partial charge in [0.15, 0.2) is 0 Å². The van der Waals surface area contributed by atoms with Gasteiger partial charge in [0.1, 0.15) is 0 Å². The lowest BCUT2D eigenvalue weighted by Gasteiger charge is -2.22. The number of hydrogen-bond donors (Lipinski definition) is 4. The van der Waals surface area contributed by atoms with Gasteiger partial charge in [-0.25, -0.2) is 4.79 Å². The number of hydrogen-bond acceptors (Lipinski definition) is 5. The standard InChI is InChI=1S/C45H83N3O5/c1-3-5-7-9-11-13-15-17-19-21-23-30-36-52-40-42(53-37-31-24-22-20-18-16-14-12-10-8-6-4-2)39-48-44(49)43(34-28-29-35-46-45(50)51)47-38-41-32-26-25-27-33-41/h25-27,32-33,42-43,46-47H,3-24,28-31,34-40H2,1-2H3,(H,48,49)(H,50,51)/t42?,43-/m1/s1. The first-order chi connectivity index (χ1) is 26.1. The number of carbonyl (C=O) groups excluding carboxylic acids is 1. The second-order valence-electron chi connectivity index (χ2n) is 15.2. The van der Waals surface area contributed by atoms with Gasteiger partial charge >= 0.3 is 6.09 Å². The van der Waals surface area contributed by atoms with Gasteiger partial charge < -0.3 is 30.5 Å². The summed E-state index contributed by atoms with van der Waals surface area (Å²) in [7, 11) is 0. The fourth-order valence-electron chi connectivity index (χ4n) is 6.79. The van der Waals surface area contributed by atoms with E-state index in [1.54, 1.807) is 0 Å². The van der Waals surface area contributed by atoms with Crippen LogP contribution in [0.5, 0.6) is 0 Å². The maximum atomic E-state index is 13.5. The highest BCUT2D eigenvalue weighted by atomic mass is 16.5. The molecule has 0 saturated carbocycles. The molecule has 0 saturated heterocycles. The smallest absolute Gasteiger partial charge is 0.404 e. The Hall–Kier alpha value is -2.16. The van der Waals surface area contributed by atoms with Crippen LogP contribution in [-0.2, 0) is 20.8 Å². The van der Waals surface area contributed by atoms with Crippen molar-refractivity contribution in [3.05, 3.63) is 35.9 Å². The van der Waals surface area contributed by atoms with Gasteiger partial charge in [-0.1, -0.05) is 185 Å². The van der Waals surface area contributed by atoms with Crippen molar-refractivity contribution >= 4 is 12.0 Å². The monoisotopic (exact) mass is 746 g/mol. The summed E-state index contributed by atoms with van der Waals surface area (Å²) in [6.45, 7) is 7.84. The van der Waals surface area contributed by atoms with Crippen LogP contribution >= 0.6 is 0 Å². The maximum absolute atomic E-state index is 13.5. The molecule has 2 atom stereocenters. The summed E-state index contributed by atoms with van der Waals surface area (Å²) in [5.41, 5.74) is 1.12. The van der Waals surface area contributed by atoms with Crippen LogP contribution in [0.1, 0.15) is 193 Å². The number of nitrogens with one attached hydrogen (secondary N) is 3. The highest BCUT2D eigenvalue weighted by Crippen LogP contribution is 2.14. The summed E-state index contributed by atoms with van der Waals surface area (Å²) in [5, 5.41) is 17.9. The van der Waals surface area contributed by atoms with Crippen molar-refractivity contribution in [3.63, 3.8) is 0 Å². The van der Waals surface area contributed by atoms with Crippen LogP contribution in [0, 0.1) is 0 Å². The first kappa shape index (κ1) is 48.9. The maximum Gasteiger partial charge on any atom is 0.404 e. The number of carboxylic acid groups (broad SMARTS) is 1. The molecule has 308 valence electrons. The molecule has 0 radical (unpaired) electrons. The average Bonchev–Trinajstić information content (AvgIpc) is 3.16. The van der Waals surface area contributed by atoms with E-state index in [0.29, 0.717) is 45.7 Å². The first-order valence-electron chi connectivity index (χ1n) is 22.3. The normalized spacial score (nSPS) is 12.5. The Morgan fingerprint density at radius 2 is 1.09 bits per heavy atom. The van der Waals surface area contributed by atoms with Crippen molar-refractivity contribution in [2.45, 2.75) is 206 Å². The summed E-state index contributed by atoms with van der Waals surface area (Å²) in [5.74, 6) is -0.0490. The van der Waals surface area contributed by atoms with Gasteiger partial charge in [0.2, 0.25) is 5.91 Å². The van der Waals surface area contributed by atoms with Crippen LogP contribution in [0.3, 0.4) is 0 Å². The predicted octanol–water partition coefficient (Wildman–Crippen LogP) is 11.5. The minimum absolute atomic E-state index is 0.0490. The van der Waals surface area contributed by atoms with Gasteiger partial charge in [-0.05, 0) is 37.7 Å².